The molecule has 3 rings (SSSR count). The van der Waals surface area contributed by atoms with Gasteiger partial charge < -0.3 is 10.6 Å². The van der Waals surface area contributed by atoms with Gasteiger partial charge in [0.15, 0.2) is 0 Å². The van der Waals surface area contributed by atoms with Gasteiger partial charge in [0.1, 0.15) is 5.82 Å². The number of benzene rings is 1. The highest BCUT2D eigenvalue weighted by Gasteiger charge is 2.31. The molecule has 4 nitrogen and oxygen atoms in total. The van der Waals surface area contributed by atoms with E-state index in [0.29, 0.717) is 12.5 Å². The van der Waals surface area contributed by atoms with E-state index in [0.717, 1.165) is 44.6 Å². The zero-order valence-electron chi connectivity index (χ0n) is 13.0. The molecule has 23 heavy (non-hydrogen) atoms. The van der Waals surface area contributed by atoms with Gasteiger partial charge in [0, 0.05) is 32.1 Å². The van der Waals surface area contributed by atoms with Crippen molar-refractivity contribution < 1.29 is 9.18 Å². The Morgan fingerprint density at radius 2 is 1.96 bits per heavy atom. The quantitative estimate of drug-likeness (QED) is 0.840. The second-order valence-corrected chi connectivity index (χ2v) is 6.02. The van der Waals surface area contributed by atoms with Crippen LogP contribution >= 0.6 is 24.8 Å². The molecule has 2 heterocycles. The van der Waals surface area contributed by atoms with Crippen LogP contribution in [-0.4, -0.2) is 43.0 Å². The van der Waals surface area contributed by atoms with E-state index >= 15 is 0 Å². The summed E-state index contributed by atoms with van der Waals surface area (Å²) in [5.41, 5.74) is 1.05. The zero-order chi connectivity index (χ0) is 14.7. The lowest BCUT2D eigenvalue weighted by molar-refractivity contribution is -0.125. The third-order valence-corrected chi connectivity index (χ3v) is 4.40. The lowest BCUT2D eigenvalue weighted by Gasteiger charge is -2.29. The SMILES string of the molecule is Cl.Cl.O=C(NCC1CNC1)C1CCCN1Cc1ccc(F)cc1. The maximum Gasteiger partial charge on any atom is 0.237 e. The van der Waals surface area contributed by atoms with Crippen molar-refractivity contribution in [3.63, 3.8) is 0 Å². The molecule has 7 heteroatoms. The molecule has 0 saturated carbocycles. The summed E-state index contributed by atoms with van der Waals surface area (Å²) in [6.07, 6.45) is 1.96. The second-order valence-electron chi connectivity index (χ2n) is 6.02. The molecular formula is C16H24Cl2FN3O. The summed E-state index contributed by atoms with van der Waals surface area (Å²) in [5, 5.41) is 6.28. The average Bonchev–Trinajstić information content (AvgIpc) is 2.88. The number of nitrogens with zero attached hydrogens (tertiary/aromatic N) is 1. The van der Waals surface area contributed by atoms with E-state index in [2.05, 4.69) is 15.5 Å². The molecule has 0 aromatic heterocycles. The van der Waals surface area contributed by atoms with Crippen LogP contribution in [0.4, 0.5) is 4.39 Å². The molecule has 0 aliphatic carbocycles. The normalized spacial score (nSPS) is 21.0. The maximum absolute atomic E-state index is 12.9. The van der Waals surface area contributed by atoms with Gasteiger partial charge in [0.05, 0.1) is 6.04 Å². The first-order valence-corrected chi connectivity index (χ1v) is 7.69. The summed E-state index contributed by atoms with van der Waals surface area (Å²) in [5.74, 6) is 0.506. The summed E-state index contributed by atoms with van der Waals surface area (Å²) in [4.78, 5) is 14.5. The molecule has 1 unspecified atom stereocenters. The Balaban J connectivity index is 0.00000132. The number of hydrogen-bond donors (Lipinski definition) is 2. The van der Waals surface area contributed by atoms with Crippen molar-refractivity contribution in [2.24, 2.45) is 5.92 Å². The highest BCUT2D eigenvalue weighted by Crippen LogP contribution is 2.20. The van der Waals surface area contributed by atoms with Crippen molar-refractivity contribution in [3.8, 4) is 0 Å². The van der Waals surface area contributed by atoms with E-state index in [1.165, 1.54) is 12.1 Å². The van der Waals surface area contributed by atoms with Gasteiger partial charge in [-0.05, 0) is 37.1 Å². The van der Waals surface area contributed by atoms with Crippen LogP contribution in [0.3, 0.4) is 0 Å². The number of carbonyl (C=O) groups is 1. The van der Waals surface area contributed by atoms with E-state index in [1.54, 1.807) is 12.1 Å². The van der Waals surface area contributed by atoms with Crippen LogP contribution in [0.2, 0.25) is 0 Å². The van der Waals surface area contributed by atoms with Crippen molar-refractivity contribution in [1.82, 2.24) is 15.5 Å². The summed E-state index contributed by atoms with van der Waals surface area (Å²) >= 11 is 0. The number of likely N-dealkylation sites (tertiary alicyclic amines) is 1. The number of nitrogens with one attached hydrogen (secondary N) is 2. The molecule has 2 fully saturated rings. The Morgan fingerprint density at radius 1 is 1.26 bits per heavy atom. The molecule has 1 atom stereocenters. The van der Waals surface area contributed by atoms with Crippen LogP contribution in [0.15, 0.2) is 24.3 Å². The topological polar surface area (TPSA) is 44.4 Å². The Hall–Kier alpha value is -0.880. The van der Waals surface area contributed by atoms with Gasteiger partial charge in [0.25, 0.3) is 0 Å². The van der Waals surface area contributed by atoms with Crippen LogP contribution in [0.5, 0.6) is 0 Å². The molecule has 1 aromatic carbocycles. The van der Waals surface area contributed by atoms with Crippen LogP contribution in [0.1, 0.15) is 18.4 Å². The third-order valence-electron chi connectivity index (χ3n) is 4.40. The monoisotopic (exact) mass is 363 g/mol. The van der Waals surface area contributed by atoms with E-state index in [1.807, 2.05) is 0 Å². The molecule has 0 radical (unpaired) electrons. The minimum absolute atomic E-state index is 0. The summed E-state index contributed by atoms with van der Waals surface area (Å²) < 4.78 is 12.9. The molecule has 2 aliphatic rings. The highest BCUT2D eigenvalue weighted by atomic mass is 35.5. The van der Waals surface area contributed by atoms with Crippen LogP contribution in [-0.2, 0) is 11.3 Å². The van der Waals surface area contributed by atoms with Crippen LogP contribution < -0.4 is 10.6 Å². The average molecular weight is 364 g/mol. The van der Waals surface area contributed by atoms with Crippen molar-refractivity contribution in [1.29, 1.82) is 0 Å². The molecule has 0 spiro atoms. The predicted molar refractivity (Wildman–Crippen MR) is 93.7 cm³/mol. The van der Waals surface area contributed by atoms with Gasteiger partial charge >= 0.3 is 0 Å². The third kappa shape index (κ3) is 5.31. The fraction of sp³-hybridized carbons (Fsp3) is 0.562. The lowest BCUT2D eigenvalue weighted by Crippen LogP contribution is -2.51. The number of halogens is 3. The molecule has 1 aromatic rings. The van der Waals surface area contributed by atoms with Crippen molar-refractivity contribution in [2.75, 3.05) is 26.2 Å². The smallest absolute Gasteiger partial charge is 0.237 e. The van der Waals surface area contributed by atoms with Crippen molar-refractivity contribution in [3.05, 3.63) is 35.6 Å². The number of amides is 1. The summed E-state index contributed by atoms with van der Waals surface area (Å²) in [7, 11) is 0. The fourth-order valence-corrected chi connectivity index (χ4v) is 2.99. The molecular weight excluding hydrogens is 340 g/mol. The Kier molecular flexibility index (Phi) is 8.26. The lowest BCUT2D eigenvalue weighted by atomic mass is 10.0. The largest absolute Gasteiger partial charge is 0.354 e. The van der Waals surface area contributed by atoms with Crippen LogP contribution in [0.25, 0.3) is 0 Å². The molecule has 1 amide bonds. The van der Waals surface area contributed by atoms with Gasteiger partial charge in [-0.25, -0.2) is 4.39 Å². The highest BCUT2D eigenvalue weighted by molar-refractivity contribution is 5.85. The zero-order valence-corrected chi connectivity index (χ0v) is 14.6. The maximum atomic E-state index is 12.9. The summed E-state index contributed by atoms with van der Waals surface area (Å²) in [6.45, 7) is 4.42. The van der Waals surface area contributed by atoms with Crippen molar-refractivity contribution in [2.45, 2.75) is 25.4 Å². The Bertz CT molecular complexity index is 497. The Labute approximate surface area is 149 Å². The standard InChI is InChI=1S/C16H22FN3O.2ClH/c17-14-5-3-12(4-6-14)11-20-7-1-2-15(20)16(21)19-10-13-8-18-9-13;;/h3-6,13,15,18H,1-2,7-11H2,(H,19,21);2*1H. The predicted octanol–water partition coefficient (Wildman–Crippen LogP) is 1.97. The van der Waals surface area contributed by atoms with E-state index in [4.69, 9.17) is 0 Å². The molecule has 2 aliphatic heterocycles. The van der Waals surface area contributed by atoms with E-state index in [-0.39, 0.29) is 42.6 Å². The van der Waals surface area contributed by atoms with Gasteiger partial charge in [0.2, 0.25) is 5.91 Å². The molecule has 2 N–H and O–H groups in total. The Morgan fingerprint density at radius 3 is 2.57 bits per heavy atom. The minimum Gasteiger partial charge on any atom is -0.354 e. The van der Waals surface area contributed by atoms with Crippen LogP contribution in [0, 0.1) is 11.7 Å². The van der Waals surface area contributed by atoms with Gasteiger partial charge in [-0.2, -0.15) is 0 Å². The molecule has 2 saturated heterocycles. The first-order chi connectivity index (χ1) is 10.2. The van der Waals surface area contributed by atoms with Gasteiger partial charge in [-0.1, -0.05) is 12.1 Å². The number of rotatable bonds is 5. The number of hydrogen-bond acceptors (Lipinski definition) is 3. The first kappa shape index (κ1) is 20.2. The molecule has 130 valence electrons. The van der Waals surface area contributed by atoms with Gasteiger partial charge in [-0.3, -0.25) is 9.69 Å². The first-order valence-electron chi connectivity index (χ1n) is 7.69. The van der Waals surface area contributed by atoms with Gasteiger partial charge in [-0.15, -0.1) is 24.8 Å². The minimum atomic E-state index is -0.219. The van der Waals surface area contributed by atoms with Crippen molar-refractivity contribution >= 4 is 30.7 Å². The van der Waals surface area contributed by atoms with E-state index in [9.17, 15) is 9.18 Å². The fourth-order valence-electron chi connectivity index (χ4n) is 2.99. The second kappa shape index (κ2) is 9.42. The molecule has 0 bridgehead atoms. The van der Waals surface area contributed by atoms with E-state index < -0.39 is 0 Å². The number of carbonyl (C=O) groups excluding carboxylic acids is 1. The summed E-state index contributed by atoms with van der Waals surface area (Å²) in [6, 6.07) is 6.50.